The Kier molecular flexibility index (Phi) is 8.39. The van der Waals surface area contributed by atoms with Gasteiger partial charge in [-0.15, -0.1) is 0 Å². The van der Waals surface area contributed by atoms with Gasteiger partial charge in [0.2, 0.25) is 0 Å². The summed E-state index contributed by atoms with van der Waals surface area (Å²) < 4.78 is 6.02. The van der Waals surface area contributed by atoms with Gasteiger partial charge in [-0.25, -0.2) is 0 Å². The van der Waals surface area contributed by atoms with Gasteiger partial charge in [0.25, 0.3) is 0 Å². The lowest BCUT2D eigenvalue weighted by atomic mass is 10.1. The number of aliphatic hydroxyl groups excluding tert-OH is 2. The fourth-order valence-corrected chi connectivity index (χ4v) is 3.16. The van der Waals surface area contributed by atoms with Crippen LogP contribution in [0.15, 0.2) is 24.3 Å². The Labute approximate surface area is 152 Å². The lowest BCUT2D eigenvalue weighted by Gasteiger charge is -2.36. The van der Waals surface area contributed by atoms with E-state index in [2.05, 4.69) is 39.2 Å². The van der Waals surface area contributed by atoms with Crippen molar-refractivity contribution in [3.8, 4) is 0 Å². The molecule has 0 fully saturated rings. The monoisotopic (exact) mass is 373 g/mol. The molecule has 4 nitrogen and oxygen atoms in total. The third-order valence-electron chi connectivity index (χ3n) is 4.70. The van der Waals surface area contributed by atoms with Gasteiger partial charge in [0.05, 0.1) is 19.3 Å². The van der Waals surface area contributed by atoms with Crippen LogP contribution >= 0.6 is 11.6 Å². The van der Waals surface area contributed by atoms with Crippen LogP contribution in [0.25, 0.3) is 0 Å². The van der Waals surface area contributed by atoms with Gasteiger partial charge in [0.15, 0.2) is 8.32 Å². The zero-order chi connectivity index (χ0) is 18.4. The Morgan fingerprint density at radius 3 is 2.29 bits per heavy atom. The lowest BCUT2D eigenvalue weighted by Crippen LogP contribution is -2.45. The number of benzene rings is 1. The molecule has 0 amide bonds. The van der Waals surface area contributed by atoms with Crippen molar-refractivity contribution in [2.24, 2.45) is 0 Å². The van der Waals surface area contributed by atoms with E-state index in [-0.39, 0.29) is 17.7 Å². The second kappa shape index (κ2) is 9.32. The van der Waals surface area contributed by atoms with E-state index in [1.165, 1.54) is 0 Å². The smallest absolute Gasteiger partial charge is 0.192 e. The van der Waals surface area contributed by atoms with Gasteiger partial charge in [0, 0.05) is 17.6 Å². The molecule has 2 unspecified atom stereocenters. The normalized spacial score (nSPS) is 15.3. The molecule has 0 saturated heterocycles. The average molecular weight is 374 g/mol. The van der Waals surface area contributed by atoms with Crippen LogP contribution in [0.5, 0.6) is 0 Å². The first-order chi connectivity index (χ1) is 11.0. The lowest BCUT2D eigenvalue weighted by molar-refractivity contribution is 0.0931. The molecule has 0 aliphatic heterocycles. The molecule has 0 aliphatic rings. The van der Waals surface area contributed by atoms with Crippen molar-refractivity contribution in [2.45, 2.75) is 57.5 Å². The predicted octanol–water partition coefficient (Wildman–Crippen LogP) is 3.22. The quantitative estimate of drug-likeness (QED) is 0.581. The molecule has 6 heteroatoms. The van der Waals surface area contributed by atoms with E-state index < -0.39 is 14.4 Å². The van der Waals surface area contributed by atoms with Gasteiger partial charge >= 0.3 is 0 Å². The van der Waals surface area contributed by atoms with E-state index in [4.69, 9.17) is 16.0 Å². The standard InChI is InChI=1S/C18H32ClNO3Si/c1-18(2,3)24(4,5)23-13-17(22)11-20-16(12-21)10-14-6-8-15(19)9-7-14/h6-9,16-17,20-22H,10-13H2,1-5H3. The zero-order valence-electron chi connectivity index (χ0n) is 15.5. The Morgan fingerprint density at radius 1 is 1.21 bits per heavy atom. The molecular formula is C18H32ClNO3Si. The molecule has 1 aromatic rings. The van der Waals surface area contributed by atoms with Crippen molar-refractivity contribution in [1.82, 2.24) is 5.32 Å². The largest absolute Gasteiger partial charge is 0.414 e. The van der Waals surface area contributed by atoms with E-state index in [9.17, 15) is 10.2 Å². The third-order valence-corrected chi connectivity index (χ3v) is 9.45. The number of rotatable bonds is 9. The van der Waals surface area contributed by atoms with E-state index >= 15 is 0 Å². The van der Waals surface area contributed by atoms with Crippen molar-refractivity contribution < 1.29 is 14.6 Å². The summed E-state index contributed by atoms with van der Waals surface area (Å²) in [7, 11) is -1.85. The molecule has 138 valence electrons. The first-order valence-corrected chi connectivity index (χ1v) is 11.7. The van der Waals surface area contributed by atoms with Crippen molar-refractivity contribution in [3.05, 3.63) is 34.9 Å². The summed E-state index contributed by atoms with van der Waals surface area (Å²) in [5.74, 6) is 0. The summed E-state index contributed by atoms with van der Waals surface area (Å²) in [4.78, 5) is 0. The number of aliphatic hydroxyl groups is 2. The maximum Gasteiger partial charge on any atom is 0.192 e. The number of nitrogens with one attached hydrogen (secondary N) is 1. The van der Waals surface area contributed by atoms with Crippen LogP contribution in [0.1, 0.15) is 26.3 Å². The minimum absolute atomic E-state index is 0.0123. The van der Waals surface area contributed by atoms with Gasteiger partial charge < -0.3 is 20.0 Å². The molecule has 3 N–H and O–H groups in total. The van der Waals surface area contributed by atoms with Crippen LogP contribution in [0.2, 0.25) is 23.2 Å². The molecule has 0 aromatic heterocycles. The summed E-state index contributed by atoms with van der Waals surface area (Å²) in [5, 5.41) is 23.7. The van der Waals surface area contributed by atoms with Crippen LogP contribution in [0.4, 0.5) is 0 Å². The number of halogens is 1. The van der Waals surface area contributed by atoms with Gasteiger partial charge in [-0.2, -0.15) is 0 Å². The molecule has 0 heterocycles. The number of hydrogen-bond acceptors (Lipinski definition) is 4. The molecule has 0 radical (unpaired) electrons. The van der Waals surface area contributed by atoms with Crippen LogP contribution in [0, 0.1) is 0 Å². The van der Waals surface area contributed by atoms with Crippen LogP contribution in [0.3, 0.4) is 0 Å². The predicted molar refractivity (Wildman–Crippen MR) is 103 cm³/mol. The molecule has 0 bridgehead atoms. The minimum atomic E-state index is -1.85. The van der Waals surface area contributed by atoms with E-state index in [0.717, 1.165) is 5.56 Å². The van der Waals surface area contributed by atoms with Crippen LogP contribution < -0.4 is 5.32 Å². The third kappa shape index (κ3) is 7.21. The first kappa shape index (κ1) is 21.6. The molecular weight excluding hydrogens is 342 g/mol. The van der Waals surface area contributed by atoms with Crippen molar-refractivity contribution in [2.75, 3.05) is 19.8 Å². The maximum absolute atomic E-state index is 10.2. The van der Waals surface area contributed by atoms with Gasteiger partial charge in [-0.05, 0) is 42.2 Å². The Balaban J connectivity index is 2.41. The van der Waals surface area contributed by atoms with Gasteiger partial charge in [-0.3, -0.25) is 0 Å². The maximum atomic E-state index is 10.2. The first-order valence-electron chi connectivity index (χ1n) is 8.46. The highest BCUT2D eigenvalue weighted by atomic mass is 35.5. The summed E-state index contributed by atoms with van der Waals surface area (Å²) in [6.07, 6.45) is 0.0992. The second-order valence-corrected chi connectivity index (χ2v) is 13.1. The second-order valence-electron chi connectivity index (χ2n) is 7.84. The van der Waals surface area contributed by atoms with Gasteiger partial charge in [0.1, 0.15) is 0 Å². The molecule has 1 aromatic carbocycles. The number of hydrogen-bond donors (Lipinski definition) is 3. The molecule has 0 spiro atoms. The van der Waals surface area contributed by atoms with Gasteiger partial charge in [-0.1, -0.05) is 44.5 Å². The average Bonchev–Trinajstić information content (AvgIpc) is 2.50. The highest BCUT2D eigenvalue weighted by molar-refractivity contribution is 6.74. The summed E-state index contributed by atoms with van der Waals surface area (Å²) in [6.45, 7) is 11.6. The van der Waals surface area contributed by atoms with Crippen molar-refractivity contribution in [1.29, 1.82) is 0 Å². The van der Waals surface area contributed by atoms with Crippen molar-refractivity contribution >= 4 is 19.9 Å². The fourth-order valence-electron chi connectivity index (χ4n) is 1.99. The molecule has 2 atom stereocenters. The molecule has 0 saturated carbocycles. The highest BCUT2D eigenvalue weighted by Gasteiger charge is 2.37. The van der Waals surface area contributed by atoms with Crippen LogP contribution in [-0.2, 0) is 10.8 Å². The van der Waals surface area contributed by atoms with Crippen LogP contribution in [-0.4, -0.2) is 50.4 Å². The molecule has 0 aliphatic carbocycles. The van der Waals surface area contributed by atoms with E-state index in [1.54, 1.807) is 0 Å². The summed E-state index contributed by atoms with van der Waals surface area (Å²) >= 11 is 5.88. The minimum Gasteiger partial charge on any atom is -0.414 e. The van der Waals surface area contributed by atoms with Crippen molar-refractivity contribution in [3.63, 3.8) is 0 Å². The summed E-state index contributed by atoms with van der Waals surface area (Å²) in [5.41, 5.74) is 1.10. The highest BCUT2D eigenvalue weighted by Crippen LogP contribution is 2.36. The summed E-state index contributed by atoms with van der Waals surface area (Å²) in [6, 6.07) is 7.47. The Morgan fingerprint density at radius 2 is 1.79 bits per heavy atom. The topological polar surface area (TPSA) is 61.7 Å². The van der Waals surface area contributed by atoms with E-state index in [0.29, 0.717) is 24.6 Å². The molecule has 24 heavy (non-hydrogen) atoms. The fraction of sp³-hybridized carbons (Fsp3) is 0.667. The zero-order valence-corrected chi connectivity index (χ0v) is 17.2. The Hall–Kier alpha value is -0.433. The van der Waals surface area contributed by atoms with E-state index in [1.807, 2.05) is 24.3 Å². The Bertz CT molecular complexity index is 488. The SMILES string of the molecule is CC(C)(C)[Si](C)(C)OCC(O)CNC(CO)Cc1ccc(Cl)cc1. The molecule has 1 rings (SSSR count).